The van der Waals surface area contributed by atoms with Crippen LogP contribution in [0.3, 0.4) is 0 Å². The first kappa shape index (κ1) is 19.9. The molecule has 2 aromatic heterocycles. The number of aryl methyl sites for hydroxylation is 1. The number of nitrogens with one attached hydrogen (secondary N) is 1. The van der Waals surface area contributed by atoms with Crippen LogP contribution in [0.25, 0.3) is 0 Å². The maximum atomic E-state index is 12.8. The number of ether oxygens (including phenoxy) is 1. The third kappa shape index (κ3) is 4.45. The van der Waals surface area contributed by atoms with Gasteiger partial charge in [0.25, 0.3) is 5.91 Å². The Hall–Kier alpha value is -2.41. The lowest BCUT2D eigenvalue weighted by Gasteiger charge is -2.34. The Kier molecular flexibility index (Phi) is 6.13. The van der Waals surface area contributed by atoms with Gasteiger partial charge in [-0.1, -0.05) is 0 Å². The predicted octanol–water partition coefficient (Wildman–Crippen LogP) is 3.18. The summed E-state index contributed by atoms with van der Waals surface area (Å²) >= 11 is 0. The number of hydrogen-bond acceptors (Lipinski definition) is 5. The van der Waals surface area contributed by atoms with Crippen LogP contribution in [0.1, 0.15) is 61.6 Å². The number of aromatic nitrogens is 3. The van der Waals surface area contributed by atoms with Crippen molar-refractivity contribution in [3.05, 3.63) is 41.9 Å². The molecule has 3 atom stereocenters. The lowest BCUT2D eigenvalue weighted by Crippen LogP contribution is -2.38. The van der Waals surface area contributed by atoms with Gasteiger partial charge in [0.05, 0.1) is 12.3 Å². The number of rotatable bonds is 6. The summed E-state index contributed by atoms with van der Waals surface area (Å²) in [5, 5.41) is 7.46. The second kappa shape index (κ2) is 8.95. The van der Waals surface area contributed by atoms with Gasteiger partial charge in [0.1, 0.15) is 5.82 Å². The van der Waals surface area contributed by atoms with Crippen molar-refractivity contribution in [2.75, 3.05) is 24.6 Å². The van der Waals surface area contributed by atoms with Crippen LogP contribution in [0.5, 0.6) is 0 Å². The van der Waals surface area contributed by atoms with Gasteiger partial charge in [-0.2, -0.15) is 5.10 Å². The van der Waals surface area contributed by atoms with Gasteiger partial charge in [-0.25, -0.2) is 4.98 Å². The average molecular weight is 398 g/mol. The summed E-state index contributed by atoms with van der Waals surface area (Å²) in [6.45, 7) is 7.46. The minimum atomic E-state index is -0.0479. The average Bonchev–Trinajstić information content (AvgIpc) is 3.41. The van der Waals surface area contributed by atoms with E-state index in [0.717, 1.165) is 37.5 Å². The van der Waals surface area contributed by atoms with Crippen LogP contribution in [0.15, 0.2) is 30.7 Å². The van der Waals surface area contributed by atoms with Gasteiger partial charge < -0.3 is 15.0 Å². The van der Waals surface area contributed by atoms with Gasteiger partial charge in [0.15, 0.2) is 0 Å². The second-order valence-electron chi connectivity index (χ2n) is 8.12. The van der Waals surface area contributed by atoms with Crippen molar-refractivity contribution in [2.45, 2.75) is 58.2 Å². The van der Waals surface area contributed by atoms with Crippen molar-refractivity contribution >= 4 is 11.7 Å². The van der Waals surface area contributed by atoms with Gasteiger partial charge in [-0.3, -0.25) is 9.48 Å². The zero-order valence-corrected chi connectivity index (χ0v) is 17.4. The molecule has 1 amide bonds. The number of carbonyl (C=O) groups excluding carboxylic acids is 1. The standard InChI is InChI=1S/C22H31N5O2/c1-3-26-15-19(14-25-26)21-18(8-11-29-21)13-24-22(28)17-7-9-23-20(12-17)27-10-5-4-6-16(27)2/h7,9,12,14-16,18,21H,3-6,8,10-11,13H2,1-2H3,(H,24,28)/t16-,18+,21-/m0/s1. The van der Waals surface area contributed by atoms with E-state index in [4.69, 9.17) is 4.74 Å². The summed E-state index contributed by atoms with van der Waals surface area (Å²) in [6, 6.07) is 4.18. The van der Waals surface area contributed by atoms with E-state index in [1.165, 1.54) is 19.3 Å². The molecule has 156 valence electrons. The van der Waals surface area contributed by atoms with Crippen LogP contribution < -0.4 is 10.2 Å². The molecule has 0 saturated carbocycles. The normalized spacial score (nSPS) is 24.6. The van der Waals surface area contributed by atoms with Crippen molar-refractivity contribution in [3.63, 3.8) is 0 Å². The fraction of sp³-hybridized carbons (Fsp3) is 0.591. The highest BCUT2D eigenvalue weighted by Crippen LogP contribution is 2.34. The molecule has 29 heavy (non-hydrogen) atoms. The number of nitrogens with zero attached hydrogens (tertiary/aromatic N) is 4. The van der Waals surface area contributed by atoms with E-state index in [1.807, 2.05) is 23.1 Å². The van der Waals surface area contributed by atoms with E-state index in [0.29, 0.717) is 18.2 Å². The van der Waals surface area contributed by atoms with Gasteiger partial charge in [0, 0.05) is 61.7 Å². The number of amides is 1. The number of pyridine rings is 1. The van der Waals surface area contributed by atoms with E-state index in [9.17, 15) is 4.79 Å². The Balaban J connectivity index is 1.38. The van der Waals surface area contributed by atoms with Gasteiger partial charge in [-0.15, -0.1) is 0 Å². The van der Waals surface area contributed by atoms with E-state index in [-0.39, 0.29) is 17.9 Å². The second-order valence-corrected chi connectivity index (χ2v) is 8.12. The molecule has 7 nitrogen and oxygen atoms in total. The lowest BCUT2D eigenvalue weighted by molar-refractivity contribution is 0.0846. The molecule has 4 heterocycles. The minimum Gasteiger partial charge on any atom is -0.373 e. The van der Waals surface area contributed by atoms with Crippen LogP contribution in [0, 0.1) is 5.92 Å². The van der Waals surface area contributed by atoms with Gasteiger partial charge >= 0.3 is 0 Å². The van der Waals surface area contributed by atoms with E-state index >= 15 is 0 Å². The lowest BCUT2D eigenvalue weighted by atomic mass is 9.97. The molecular formula is C22H31N5O2. The number of piperidine rings is 1. The van der Waals surface area contributed by atoms with Crippen LogP contribution >= 0.6 is 0 Å². The summed E-state index contributed by atoms with van der Waals surface area (Å²) in [5.74, 6) is 1.11. The highest BCUT2D eigenvalue weighted by molar-refractivity contribution is 5.94. The molecule has 2 aromatic rings. The molecule has 4 rings (SSSR count). The van der Waals surface area contributed by atoms with E-state index in [1.54, 1.807) is 12.3 Å². The first-order valence-electron chi connectivity index (χ1n) is 10.8. The van der Waals surface area contributed by atoms with E-state index < -0.39 is 0 Å². The molecule has 2 aliphatic heterocycles. The molecule has 0 radical (unpaired) electrons. The summed E-state index contributed by atoms with van der Waals surface area (Å²) < 4.78 is 7.85. The first-order chi connectivity index (χ1) is 14.2. The summed E-state index contributed by atoms with van der Waals surface area (Å²) in [6.07, 6.45) is 10.2. The molecule has 7 heteroatoms. The zero-order valence-electron chi connectivity index (χ0n) is 17.4. The van der Waals surface area contributed by atoms with Crippen LogP contribution in [-0.2, 0) is 11.3 Å². The molecule has 0 aliphatic carbocycles. The van der Waals surface area contributed by atoms with Gasteiger partial charge in [-0.05, 0) is 51.7 Å². The Morgan fingerprint density at radius 2 is 2.24 bits per heavy atom. The number of anilines is 1. The highest BCUT2D eigenvalue weighted by Gasteiger charge is 2.31. The first-order valence-corrected chi connectivity index (χ1v) is 10.8. The van der Waals surface area contributed by atoms with Crippen LogP contribution in [0.4, 0.5) is 5.82 Å². The van der Waals surface area contributed by atoms with Gasteiger partial charge in [0.2, 0.25) is 0 Å². The summed E-state index contributed by atoms with van der Waals surface area (Å²) in [4.78, 5) is 19.6. The highest BCUT2D eigenvalue weighted by atomic mass is 16.5. The Morgan fingerprint density at radius 3 is 3.03 bits per heavy atom. The fourth-order valence-electron chi connectivity index (χ4n) is 4.39. The summed E-state index contributed by atoms with van der Waals surface area (Å²) in [7, 11) is 0. The van der Waals surface area contributed by atoms with Crippen molar-refractivity contribution in [3.8, 4) is 0 Å². The third-order valence-electron chi connectivity index (χ3n) is 6.15. The SMILES string of the molecule is CCn1cc([C@H]2OCC[C@@H]2CNC(=O)c2ccnc(N3CCCC[C@@H]3C)c2)cn1. The summed E-state index contributed by atoms with van der Waals surface area (Å²) in [5.41, 5.74) is 1.76. The van der Waals surface area contributed by atoms with Crippen LogP contribution in [0.2, 0.25) is 0 Å². The van der Waals surface area contributed by atoms with Crippen LogP contribution in [-0.4, -0.2) is 46.4 Å². The Morgan fingerprint density at radius 1 is 1.34 bits per heavy atom. The molecular weight excluding hydrogens is 366 g/mol. The molecule has 0 bridgehead atoms. The molecule has 0 spiro atoms. The monoisotopic (exact) mass is 397 g/mol. The fourth-order valence-corrected chi connectivity index (χ4v) is 4.39. The van der Waals surface area contributed by atoms with Crippen molar-refractivity contribution in [1.29, 1.82) is 0 Å². The quantitative estimate of drug-likeness (QED) is 0.810. The molecule has 2 fully saturated rings. The predicted molar refractivity (Wildman–Crippen MR) is 112 cm³/mol. The minimum absolute atomic E-state index is 0.00204. The smallest absolute Gasteiger partial charge is 0.251 e. The number of hydrogen-bond donors (Lipinski definition) is 1. The van der Waals surface area contributed by atoms with E-state index in [2.05, 4.69) is 34.1 Å². The molecule has 2 aliphatic rings. The molecule has 0 unspecified atom stereocenters. The maximum Gasteiger partial charge on any atom is 0.251 e. The molecule has 1 N–H and O–H groups in total. The number of carbonyl (C=O) groups is 1. The largest absolute Gasteiger partial charge is 0.373 e. The van der Waals surface area contributed by atoms with Crippen molar-refractivity contribution in [1.82, 2.24) is 20.1 Å². The molecule has 0 aromatic carbocycles. The zero-order chi connectivity index (χ0) is 20.2. The topological polar surface area (TPSA) is 72.3 Å². The maximum absolute atomic E-state index is 12.8. The third-order valence-corrected chi connectivity index (χ3v) is 6.15. The van der Waals surface area contributed by atoms with Crippen molar-refractivity contribution in [2.24, 2.45) is 5.92 Å². The Labute approximate surface area is 172 Å². The van der Waals surface area contributed by atoms with Crippen molar-refractivity contribution < 1.29 is 9.53 Å². The molecule has 2 saturated heterocycles. The Bertz CT molecular complexity index is 836.